The average molecular weight is 518 g/mol. The quantitative estimate of drug-likeness (QED) is 0.338. The van der Waals surface area contributed by atoms with Crippen molar-refractivity contribution in [1.82, 2.24) is 24.8 Å². The van der Waals surface area contributed by atoms with Crippen molar-refractivity contribution in [2.45, 2.75) is 32.5 Å². The van der Waals surface area contributed by atoms with Gasteiger partial charge in [0.15, 0.2) is 5.11 Å². The normalized spacial score (nSPS) is 17.9. The molecule has 5 rings (SSSR count). The molecule has 0 radical (unpaired) electrons. The molecule has 0 bridgehead atoms. The minimum absolute atomic E-state index is 0.00278. The van der Waals surface area contributed by atoms with Crippen LogP contribution in [0.1, 0.15) is 40.3 Å². The lowest BCUT2D eigenvalue weighted by molar-refractivity contribution is 0.310. The molecule has 2 atom stereocenters. The van der Waals surface area contributed by atoms with Crippen LogP contribution in [-0.4, -0.2) is 24.5 Å². The largest absolute Gasteiger partial charge is 0.352 e. The molecule has 1 aliphatic heterocycles. The maximum absolute atomic E-state index is 5.85. The molecule has 1 aromatic carbocycles. The highest BCUT2D eigenvalue weighted by atomic mass is 79.9. The van der Waals surface area contributed by atoms with Crippen LogP contribution < -0.4 is 5.32 Å². The van der Waals surface area contributed by atoms with Gasteiger partial charge in [-0.2, -0.15) is 0 Å². The van der Waals surface area contributed by atoms with Crippen LogP contribution in [0, 0.1) is 13.8 Å². The van der Waals surface area contributed by atoms with Crippen LogP contribution in [0.3, 0.4) is 0 Å². The summed E-state index contributed by atoms with van der Waals surface area (Å²) in [6.45, 7) is 5.03. The number of aryl methyl sites for hydroxylation is 1. The monoisotopic (exact) mass is 517 g/mol. The Bertz CT molecular complexity index is 1290. The van der Waals surface area contributed by atoms with Crippen LogP contribution in [0.25, 0.3) is 5.69 Å². The summed E-state index contributed by atoms with van der Waals surface area (Å²) >= 11 is 9.58. The minimum Gasteiger partial charge on any atom is -0.352 e. The lowest BCUT2D eigenvalue weighted by atomic mass is 9.96. The van der Waals surface area contributed by atoms with E-state index >= 15 is 0 Å². The van der Waals surface area contributed by atoms with Gasteiger partial charge in [0, 0.05) is 41.0 Å². The molecular weight excluding hydrogens is 494 g/mol. The summed E-state index contributed by atoms with van der Waals surface area (Å²) in [4.78, 5) is 11.1. The highest BCUT2D eigenvalue weighted by molar-refractivity contribution is 9.10. The molecule has 33 heavy (non-hydrogen) atoms. The second-order valence-electron chi connectivity index (χ2n) is 8.22. The highest BCUT2D eigenvalue weighted by Gasteiger charge is 2.41. The Hall–Kier alpha value is -3.03. The van der Waals surface area contributed by atoms with Gasteiger partial charge in [0.25, 0.3) is 0 Å². The fourth-order valence-electron chi connectivity index (χ4n) is 4.69. The van der Waals surface area contributed by atoms with Gasteiger partial charge in [0.2, 0.25) is 0 Å². The second-order valence-corrected chi connectivity index (χ2v) is 9.46. The number of pyridine rings is 2. The van der Waals surface area contributed by atoms with Crippen LogP contribution in [0.5, 0.6) is 0 Å². The Labute approximate surface area is 207 Å². The predicted octanol–water partition coefficient (Wildman–Crippen LogP) is 5.82. The van der Waals surface area contributed by atoms with Gasteiger partial charge in [-0.05, 0) is 95.6 Å². The number of rotatable bonds is 5. The Morgan fingerprint density at radius 2 is 1.76 bits per heavy atom. The highest BCUT2D eigenvalue weighted by Crippen LogP contribution is 2.42. The van der Waals surface area contributed by atoms with E-state index in [2.05, 4.69) is 84.9 Å². The number of hydrogen-bond donors (Lipinski definition) is 1. The Morgan fingerprint density at radius 3 is 2.48 bits per heavy atom. The molecule has 1 N–H and O–H groups in total. The first-order valence-corrected chi connectivity index (χ1v) is 12.1. The van der Waals surface area contributed by atoms with E-state index in [1.54, 1.807) is 0 Å². The van der Waals surface area contributed by atoms with Crippen molar-refractivity contribution < 1.29 is 0 Å². The fourth-order valence-corrected chi connectivity index (χ4v) is 5.46. The first-order valence-electron chi connectivity index (χ1n) is 10.9. The molecule has 0 unspecified atom stereocenters. The van der Waals surface area contributed by atoms with Crippen molar-refractivity contribution in [2.24, 2.45) is 0 Å². The molecule has 4 aromatic rings. The van der Waals surface area contributed by atoms with E-state index in [0.29, 0.717) is 6.54 Å². The Kier molecular flexibility index (Phi) is 6.00. The number of para-hydroxylation sites is 1. The van der Waals surface area contributed by atoms with E-state index < -0.39 is 0 Å². The summed E-state index contributed by atoms with van der Waals surface area (Å²) in [6, 6.07) is 20.7. The molecule has 4 heterocycles. The van der Waals surface area contributed by atoms with Gasteiger partial charge < -0.3 is 14.8 Å². The van der Waals surface area contributed by atoms with E-state index in [0.717, 1.165) is 21.0 Å². The predicted molar refractivity (Wildman–Crippen MR) is 138 cm³/mol. The molecule has 0 amide bonds. The number of nitrogens with one attached hydrogen (secondary N) is 1. The summed E-state index contributed by atoms with van der Waals surface area (Å²) in [5, 5.41) is 4.29. The molecule has 0 saturated carbocycles. The molecule has 5 nitrogen and oxygen atoms in total. The van der Waals surface area contributed by atoms with Crippen molar-refractivity contribution in [2.75, 3.05) is 0 Å². The first-order chi connectivity index (χ1) is 16.0. The first kappa shape index (κ1) is 21.8. The Morgan fingerprint density at radius 1 is 1.00 bits per heavy atom. The SMILES string of the molecule is Cc1cc([C@H]2[C@@H](c3ccccn3)NC(=S)N2Cc2ccncc2)c(C)n1-c1ccccc1Br. The number of thiocarbonyl (C=S) groups is 1. The summed E-state index contributed by atoms with van der Waals surface area (Å²) in [6.07, 6.45) is 5.49. The molecular formula is C26H24BrN5S. The minimum atomic E-state index is -0.0475. The third-order valence-electron chi connectivity index (χ3n) is 6.18. The van der Waals surface area contributed by atoms with Crippen LogP contribution in [0.4, 0.5) is 0 Å². The van der Waals surface area contributed by atoms with Crippen molar-refractivity contribution >= 4 is 33.3 Å². The molecule has 1 aliphatic rings. The zero-order chi connectivity index (χ0) is 22.9. The van der Waals surface area contributed by atoms with E-state index in [1.807, 2.05) is 48.9 Å². The number of hydrogen-bond acceptors (Lipinski definition) is 3. The van der Waals surface area contributed by atoms with Gasteiger partial charge in [-0.3, -0.25) is 9.97 Å². The lowest BCUT2D eigenvalue weighted by Gasteiger charge is -2.28. The average Bonchev–Trinajstić information content (AvgIpc) is 3.30. The van der Waals surface area contributed by atoms with Crippen LogP contribution >= 0.6 is 28.1 Å². The van der Waals surface area contributed by atoms with Crippen molar-refractivity contribution in [3.05, 3.63) is 112 Å². The van der Waals surface area contributed by atoms with E-state index in [4.69, 9.17) is 12.2 Å². The molecule has 1 saturated heterocycles. The number of benzene rings is 1. The zero-order valence-corrected chi connectivity index (χ0v) is 20.8. The van der Waals surface area contributed by atoms with E-state index in [1.165, 1.54) is 22.5 Å². The van der Waals surface area contributed by atoms with Crippen LogP contribution in [0.15, 0.2) is 83.7 Å². The summed E-state index contributed by atoms with van der Waals surface area (Å²) in [5.41, 5.74) is 6.88. The molecule has 3 aromatic heterocycles. The van der Waals surface area contributed by atoms with Crippen molar-refractivity contribution in [3.8, 4) is 5.69 Å². The van der Waals surface area contributed by atoms with E-state index in [9.17, 15) is 0 Å². The number of halogens is 1. The summed E-state index contributed by atoms with van der Waals surface area (Å²) in [7, 11) is 0. The number of aromatic nitrogens is 3. The lowest BCUT2D eigenvalue weighted by Crippen LogP contribution is -2.29. The Balaban J connectivity index is 1.63. The van der Waals surface area contributed by atoms with Gasteiger partial charge in [0.05, 0.1) is 23.5 Å². The second kappa shape index (κ2) is 9.08. The topological polar surface area (TPSA) is 46.0 Å². The summed E-state index contributed by atoms with van der Waals surface area (Å²) < 4.78 is 3.37. The maximum Gasteiger partial charge on any atom is 0.170 e. The smallest absolute Gasteiger partial charge is 0.170 e. The molecule has 166 valence electrons. The van der Waals surface area contributed by atoms with Gasteiger partial charge in [-0.25, -0.2) is 0 Å². The fraction of sp³-hybridized carbons (Fsp3) is 0.192. The third kappa shape index (κ3) is 4.07. The summed E-state index contributed by atoms with van der Waals surface area (Å²) in [5.74, 6) is 0. The zero-order valence-electron chi connectivity index (χ0n) is 18.4. The van der Waals surface area contributed by atoms with Crippen LogP contribution in [-0.2, 0) is 6.54 Å². The van der Waals surface area contributed by atoms with Crippen LogP contribution in [0.2, 0.25) is 0 Å². The maximum atomic E-state index is 5.85. The van der Waals surface area contributed by atoms with Gasteiger partial charge >= 0.3 is 0 Å². The van der Waals surface area contributed by atoms with Crippen molar-refractivity contribution in [1.29, 1.82) is 0 Å². The molecule has 1 fully saturated rings. The molecule has 0 aliphatic carbocycles. The number of nitrogens with zero attached hydrogens (tertiary/aromatic N) is 4. The molecule has 7 heteroatoms. The van der Waals surface area contributed by atoms with E-state index in [-0.39, 0.29) is 12.1 Å². The van der Waals surface area contributed by atoms with Gasteiger partial charge in [-0.1, -0.05) is 18.2 Å². The molecule has 0 spiro atoms. The van der Waals surface area contributed by atoms with Gasteiger partial charge in [0.1, 0.15) is 0 Å². The standard InChI is InChI=1S/C26H24BrN5S/c1-17-15-20(18(2)32(17)23-9-4-3-7-21(23)27)25-24(22-8-5-6-12-29-22)30-26(33)31(25)16-19-10-13-28-14-11-19/h3-15,24-25H,16H2,1-2H3,(H,30,33)/t24-,25+/m1/s1. The third-order valence-corrected chi connectivity index (χ3v) is 7.21. The van der Waals surface area contributed by atoms with Gasteiger partial charge in [-0.15, -0.1) is 0 Å². The van der Waals surface area contributed by atoms with Crippen molar-refractivity contribution in [3.63, 3.8) is 0 Å².